The SMILES string of the molecule is CCc1cc(CC)cc([Si](C2=CC[C]([Ti+3])=C2Cc2ccccc2)(c2cc(C)cc(C)c2)c2cc(C(C)(C)C)cc(C(C)(C)C)c2)c1.[Cl-].[Cl-].[Cl-]. The third-order valence-electron chi connectivity index (χ3n) is 9.88. The Bertz CT molecular complexity index is 1730. The fourth-order valence-corrected chi connectivity index (χ4v) is 13.4. The molecule has 1 atom stereocenters. The summed E-state index contributed by atoms with van der Waals surface area (Å²) in [6, 6.07) is 34.0. The first-order valence-electron chi connectivity index (χ1n) is 17.2. The molecule has 258 valence electrons. The molecule has 0 saturated carbocycles. The number of rotatable bonds is 8. The molecule has 1 aliphatic rings. The Labute approximate surface area is 329 Å². The summed E-state index contributed by atoms with van der Waals surface area (Å²) in [5.74, 6) is 0. The maximum absolute atomic E-state index is 2.82. The van der Waals surface area contributed by atoms with Crippen molar-refractivity contribution < 1.29 is 57.7 Å². The molecule has 1 unspecified atom stereocenters. The molecule has 0 radical (unpaired) electrons. The van der Waals surface area contributed by atoms with Gasteiger partial charge in [0.15, 0.2) is 0 Å². The van der Waals surface area contributed by atoms with Crippen LogP contribution < -0.4 is 52.8 Å². The van der Waals surface area contributed by atoms with Crippen LogP contribution in [-0.4, -0.2) is 8.07 Å². The van der Waals surface area contributed by atoms with Crippen LogP contribution >= 0.6 is 0 Å². The smallest absolute Gasteiger partial charge is 1.00 e. The van der Waals surface area contributed by atoms with E-state index in [0.29, 0.717) is 0 Å². The molecule has 0 saturated heterocycles. The molecule has 4 aromatic carbocycles. The summed E-state index contributed by atoms with van der Waals surface area (Å²) < 4.78 is 1.52. The molecule has 49 heavy (non-hydrogen) atoms. The van der Waals surface area contributed by atoms with Crippen molar-refractivity contribution in [2.24, 2.45) is 0 Å². The van der Waals surface area contributed by atoms with E-state index in [2.05, 4.69) is 181 Å². The molecule has 0 amide bonds. The van der Waals surface area contributed by atoms with Gasteiger partial charge in [-0.25, -0.2) is 0 Å². The van der Waals surface area contributed by atoms with Crippen LogP contribution in [0.5, 0.6) is 0 Å². The van der Waals surface area contributed by atoms with E-state index in [9.17, 15) is 0 Å². The van der Waals surface area contributed by atoms with E-state index in [4.69, 9.17) is 0 Å². The first-order valence-corrected chi connectivity index (χ1v) is 20.0. The van der Waals surface area contributed by atoms with E-state index >= 15 is 0 Å². The van der Waals surface area contributed by atoms with Crippen LogP contribution in [0.25, 0.3) is 0 Å². The summed E-state index contributed by atoms with van der Waals surface area (Å²) in [5, 5.41) is 6.17. The van der Waals surface area contributed by atoms with Crippen LogP contribution in [0.15, 0.2) is 106 Å². The number of aryl methyl sites for hydroxylation is 4. The van der Waals surface area contributed by atoms with Crippen molar-refractivity contribution in [3.8, 4) is 0 Å². The summed E-state index contributed by atoms with van der Waals surface area (Å²) in [7, 11) is -2.82. The first kappa shape index (κ1) is 43.3. The maximum atomic E-state index is 2.64. The first-order chi connectivity index (χ1) is 21.7. The minimum absolute atomic E-state index is 0. The normalized spacial score (nSPS) is 14.3. The Balaban J connectivity index is 0.00000278. The Morgan fingerprint density at radius 3 is 1.53 bits per heavy atom. The molecule has 1 aliphatic carbocycles. The van der Waals surface area contributed by atoms with Gasteiger partial charge in [-0.2, -0.15) is 0 Å². The number of hydrogen-bond acceptors (Lipinski definition) is 0. The third kappa shape index (κ3) is 9.16. The zero-order valence-electron chi connectivity index (χ0n) is 31.1. The van der Waals surface area contributed by atoms with Crippen LogP contribution in [0.1, 0.15) is 101 Å². The van der Waals surface area contributed by atoms with Gasteiger partial charge in [-0.1, -0.05) is 0 Å². The summed E-state index contributed by atoms with van der Waals surface area (Å²) >= 11 is 2.38. The van der Waals surface area contributed by atoms with Gasteiger partial charge in [-0.05, 0) is 0 Å². The standard InChI is InChI=1S/C44H53Si.3ClH.Ti/c1-11-33-24-34(12-2)27-40(26-33)45(39-22-31(3)21-32(4)23-39,42-20-16-19-36(42)25-35-17-14-13-15-18-35)41-29-37(43(5,6)7)28-38(30-41)44(8,9)10;;;;/h13-15,17-18,20-24,26-30H,11-12,16,25H2,1-10H3;3*1H;/q;;;;+3/p-3. The number of halogens is 3. The van der Waals surface area contributed by atoms with Crippen LogP contribution in [0, 0.1) is 13.8 Å². The van der Waals surface area contributed by atoms with Gasteiger partial charge in [0.25, 0.3) is 0 Å². The van der Waals surface area contributed by atoms with Crippen LogP contribution in [0.4, 0.5) is 0 Å². The molecule has 0 spiro atoms. The second kappa shape index (κ2) is 17.1. The van der Waals surface area contributed by atoms with Crippen LogP contribution in [0.2, 0.25) is 0 Å². The Kier molecular flexibility index (Phi) is 15.1. The molecule has 4 aromatic rings. The third-order valence-corrected chi connectivity index (χ3v) is 15.5. The predicted molar refractivity (Wildman–Crippen MR) is 199 cm³/mol. The minimum Gasteiger partial charge on any atom is -1.00 e. The van der Waals surface area contributed by atoms with Gasteiger partial charge in [0, 0.05) is 0 Å². The summed E-state index contributed by atoms with van der Waals surface area (Å²) in [6.45, 7) is 23.5. The molecular formula is C44H53Cl3SiTi. The molecule has 5 heteroatoms. The molecule has 0 N–H and O–H groups in total. The van der Waals surface area contributed by atoms with Gasteiger partial charge in [0.05, 0.1) is 0 Å². The summed E-state index contributed by atoms with van der Waals surface area (Å²) in [4.78, 5) is 0. The average Bonchev–Trinajstić information content (AvgIpc) is 3.36. The molecule has 0 fully saturated rings. The Morgan fingerprint density at radius 1 is 0.592 bits per heavy atom. The van der Waals surface area contributed by atoms with E-state index in [1.807, 2.05) is 0 Å². The van der Waals surface area contributed by atoms with Crippen molar-refractivity contribution in [3.63, 3.8) is 0 Å². The van der Waals surface area contributed by atoms with Crippen LogP contribution in [-0.2, 0) is 50.5 Å². The molecule has 0 heterocycles. The molecule has 5 rings (SSSR count). The Morgan fingerprint density at radius 2 is 1.06 bits per heavy atom. The van der Waals surface area contributed by atoms with Crippen molar-refractivity contribution in [2.75, 3.05) is 0 Å². The van der Waals surface area contributed by atoms with Crippen molar-refractivity contribution in [2.45, 2.75) is 106 Å². The zero-order chi connectivity index (χ0) is 33.4. The van der Waals surface area contributed by atoms with Gasteiger partial charge >= 0.3 is 294 Å². The molecule has 0 aliphatic heterocycles. The minimum atomic E-state index is -2.82. The molecule has 0 aromatic heterocycles. The predicted octanol–water partition coefficient (Wildman–Crippen LogP) is 0.418. The van der Waals surface area contributed by atoms with Gasteiger partial charge in [-0.3, -0.25) is 0 Å². The quantitative estimate of drug-likeness (QED) is 0.181. The average molecular weight is 764 g/mol. The molecule has 0 nitrogen and oxygen atoms in total. The monoisotopic (exact) mass is 762 g/mol. The number of benzene rings is 4. The maximum Gasteiger partial charge on any atom is -1.00 e. The van der Waals surface area contributed by atoms with Gasteiger partial charge < -0.3 is 37.2 Å². The van der Waals surface area contributed by atoms with E-state index in [1.54, 1.807) is 10.8 Å². The van der Waals surface area contributed by atoms with Gasteiger partial charge in [0.2, 0.25) is 0 Å². The van der Waals surface area contributed by atoms with E-state index in [0.717, 1.165) is 25.7 Å². The van der Waals surface area contributed by atoms with Gasteiger partial charge in [0.1, 0.15) is 0 Å². The molecular weight excluding hydrogens is 711 g/mol. The van der Waals surface area contributed by atoms with Gasteiger partial charge in [-0.15, -0.1) is 0 Å². The Hall–Kier alpha value is -1.84. The van der Waals surface area contributed by atoms with Crippen molar-refractivity contribution in [1.29, 1.82) is 0 Å². The summed E-state index contributed by atoms with van der Waals surface area (Å²) in [5.41, 5.74) is 11.5. The fourth-order valence-electron chi connectivity index (χ4n) is 7.25. The van der Waals surface area contributed by atoms with E-state index in [1.165, 1.54) is 58.4 Å². The van der Waals surface area contributed by atoms with Crippen molar-refractivity contribution in [1.82, 2.24) is 0 Å². The fraction of sp³-hybridized carbons (Fsp3) is 0.364. The topological polar surface area (TPSA) is 0 Å². The van der Waals surface area contributed by atoms with Crippen LogP contribution in [0.3, 0.4) is 0 Å². The number of hydrogen-bond donors (Lipinski definition) is 0. The largest absolute Gasteiger partial charge is 1.00 e. The second-order valence-electron chi connectivity index (χ2n) is 15.6. The molecule has 0 bridgehead atoms. The second-order valence-corrected chi connectivity index (χ2v) is 20.3. The number of allylic oxidation sites excluding steroid dienone is 4. The van der Waals surface area contributed by atoms with E-state index < -0.39 is 8.07 Å². The van der Waals surface area contributed by atoms with Crippen molar-refractivity contribution in [3.05, 3.63) is 145 Å². The van der Waals surface area contributed by atoms with Crippen molar-refractivity contribution >= 4 is 23.6 Å². The van der Waals surface area contributed by atoms with E-state index in [-0.39, 0.29) is 48.1 Å². The summed E-state index contributed by atoms with van der Waals surface area (Å²) in [6.07, 6.45) is 6.71. The zero-order valence-corrected chi connectivity index (χ0v) is 36.0.